The molecule has 1 N–H and O–H groups in total. The first-order chi connectivity index (χ1) is 20.8. The second-order valence-corrected chi connectivity index (χ2v) is 12.7. The lowest BCUT2D eigenvalue weighted by atomic mass is 9.87. The number of nitrogens with zero attached hydrogens (tertiary/aromatic N) is 2. The lowest BCUT2D eigenvalue weighted by Crippen LogP contribution is -2.34. The van der Waals surface area contributed by atoms with Crippen molar-refractivity contribution < 1.29 is 17.6 Å². The van der Waals surface area contributed by atoms with Crippen LogP contribution >= 0.6 is 0 Å². The molecule has 3 atom stereocenters. The third kappa shape index (κ3) is 7.03. The molecule has 3 unspecified atom stereocenters. The van der Waals surface area contributed by atoms with Gasteiger partial charge < -0.3 is 4.90 Å². The first kappa shape index (κ1) is 30.6. The van der Waals surface area contributed by atoms with Crippen LogP contribution in [0.4, 0.5) is 10.1 Å². The van der Waals surface area contributed by atoms with Gasteiger partial charge in [-0.15, -0.1) is 0 Å². The number of aromatic nitrogens is 1. The van der Waals surface area contributed by atoms with Crippen LogP contribution in [0.3, 0.4) is 0 Å². The van der Waals surface area contributed by atoms with E-state index in [1.807, 2.05) is 75.4 Å². The average molecular weight is 600 g/mol. The molecular weight excluding hydrogens is 561 g/mol. The molecule has 0 saturated heterocycles. The summed E-state index contributed by atoms with van der Waals surface area (Å²) in [6, 6.07) is 26.3. The molecular formula is C35H38FN3O3S. The molecule has 0 aliphatic heterocycles. The minimum atomic E-state index is -3.95. The number of nitrogens with one attached hydrogen (secondary N) is 1. The van der Waals surface area contributed by atoms with Gasteiger partial charge in [-0.05, 0) is 97.7 Å². The number of hydrogen-bond donors (Lipinski definition) is 1. The van der Waals surface area contributed by atoms with Crippen molar-refractivity contribution in [2.24, 2.45) is 5.92 Å². The molecule has 2 aliphatic rings. The van der Waals surface area contributed by atoms with Crippen molar-refractivity contribution in [1.29, 1.82) is 0 Å². The number of halogens is 1. The first-order valence-electron chi connectivity index (χ1n) is 15.0. The molecule has 1 saturated carbocycles. The number of hydrogen-bond acceptors (Lipinski definition) is 4. The van der Waals surface area contributed by atoms with Crippen LogP contribution in [-0.2, 0) is 27.8 Å². The number of aryl methyl sites for hydroxylation is 2. The predicted octanol–water partition coefficient (Wildman–Crippen LogP) is 7.25. The second kappa shape index (κ2) is 13.2. The summed E-state index contributed by atoms with van der Waals surface area (Å²) in [5, 5.41) is 0. The highest BCUT2D eigenvalue weighted by atomic mass is 32.2. The van der Waals surface area contributed by atoms with Crippen LogP contribution in [0.25, 0.3) is 0 Å². The van der Waals surface area contributed by atoms with E-state index in [0.717, 1.165) is 53.4 Å². The predicted molar refractivity (Wildman–Crippen MR) is 168 cm³/mol. The van der Waals surface area contributed by atoms with Crippen molar-refractivity contribution in [2.45, 2.75) is 69.9 Å². The zero-order chi connectivity index (χ0) is 30.6. The number of benzene rings is 3. The van der Waals surface area contributed by atoms with E-state index in [-0.39, 0.29) is 22.6 Å². The van der Waals surface area contributed by atoms with Crippen molar-refractivity contribution in [1.82, 2.24) is 9.71 Å². The number of pyridine rings is 1. The molecule has 8 heteroatoms. The molecule has 1 amide bonds. The third-order valence-corrected chi connectivity index (χ3v) is 9.50. The average Bonchev–Trinajstić information content (AvgIpc) is 3.82. The molecule has 6 nitrogen and oxygen atoms in total. The summed E-state index contributed by atoms with van der Waals surface area (Å²) in [7, 11) is -3.95. The Morgan fingerprint density at radius 3 is 2.49 bits per heavy atom. The largest absolute Gasteiger partial charge is 0.306 e. The van der Waals surface area contributed by atoms with E-state index in [9.17, 15) is 17.6 Å². The van der Waals surface area contributed by atoms with E-state index in [1.165, 1.54) is 18.2 Å². The number of carbonyl (C=O) groups is 1. The van der Waals surface area contributed by atoms with Gasteiger partial charge in [0.05, 0.1) is 17.1 Å². The Hall–Kier alpha value is -3.88. The summed E-state index contributed by atoms with van der Waals surface area (Å²) >= 11 is 0. The second-order valence-electron chi connectivity index (χ2n) is 11.0. The van der Waals surface area contributed by atoms with Crippen LogP contribution in [0, 0.1) is 18.7 Å². The fourth-order valence-corrected chi connectivity index (χ4v) is 7.13. The smallest absolute Gasteiger partial charge is 0.241 e. The Labute approximate surface area is 254 Å². The number of amides is 1. The highest BCUT2D eigenvalue weighted by Gasteiger charge is 2.46. The van der Waals surface area contributed by atoms with Crippen LogP contribution in [0.1, 0.15) is 73.1 Å². The summed E-state index contributed by atoms with van der Waals surface area (Å²) in [4.78, 5) is 20.4. The van der Waals surface area contributed by atoms with Crippen LogP contribution < -0.4 is 9.62 Å². The van der Waals surface area contributed by atoms with E-state index in [2.05, 4.69) is 21.8 Å². The first-order valence-corrected chi connectivity index (χ1v) is 16.5. The lowest BCUT2D eigenvalue weighted by Gasteiger charge is -2.29. The van der Waals surface area contributed by atoms with Gasteiger partial charge in [0.1, 0.15) is 5.82 Å². The molecule has 1 heterocycles. The number of carbonyl (C=O) groups excluding carboxylic acids is 1. The maximum atomic E-state index is 14.0. The fourth-order valence-electron chi connectivity index (χ4n) is 5.85. The van der Waals surface area contributed by atoms with Gasteiger partial charge >= 0.3 is 0 Å². The highest BCUT2D eigenvalue weighted by molar-refractivity contribution is 7.89. The monoisotopic (exact) mass is 599 g/mol. The number of rotatable bonds is 8. The molecule has 0 bridgehead atoms. The van der Waals surface area contributed by atoms with E-state index in [4.69, 9.17) is 0 Å². The summed E-state index contributed by atoms with van der Waals surface area (Å²) in [6.07, 6.45) is 3.04. The van der Waals surface area contributed by atoms with Gasteiger partial charge in [-0.1, -0.05) is 62.4 Å². The summed E-state index contributed by atoms with van der Waals surface area (Å²) in [5.41, 5.74) is 5.43. The van der Waals surface area contributed by atoms with Crippen molar-refractivity contribution in [3.63, 3.8) is 0 Å². The molecule has 0 spiro atoms. The summed E-state index contributed by atoms with van der Waals surface area (Å²) in [5.74, 6) is -0.512. The van der Waals surface area contributed by atoms with Gasteiger partial charge in [-0.2, -0.15) is 0 Å². The van der Waals surface area contributed by atoms with Crippen LogP contribution in [-0.4, -0.2) is 19.3 Å². The van der Waals surface area contributed by atoms with Crippen molar-refractivity contribution >= 4 is 21.6 Å². The fraction of sp³-hybridized carbons (Fsp3) is 0.314. The Kier molecular flexibility index (Phi) is 9.37. The molecule has 43 heavy (non-hydrogen) atoms. The normalized spacial score (nSPS) is 19.0. The molecule has 3 aromatic carbocycles. The Bertz CT molecular complexity index is 1690. The van der Waals surface area contributed by atoms with Crippen LogP contribution in [0.2, 0.25) is 0 Å². The van der Waals surface area contributed by atoms with Gasteiger partial charge in [0, 0.05) is 23.3 Å². The van der Waals surface area contributed by atoms with Gasteiger partial charge in [-0.25, -0.2) is 17.5 Å². The number of anilines is 1. The molecule has 4 aromatic rings. The minimum Gasteiger partial charge on any atom is -0.306 e. The zero-order valence-electron chi connectivity index (χ0n) is 24.8. The van der Waals surface area contributed by atoms with Crippen LogP contribution in [0.5, 0.6) is 0 Å². The molecule has 1 aromatic heterocycles. The van der Waals surface area contributed by atoms with E-state index < -0.39 is 21.9 Å². The molecule has 0 radical (unpaired) electrons. The third-order valence-electron chi connectivity index (χ3n) is 8.03. The number of sulfonamides is 1. The topological polar surface area (TPSA) is 79.4 Å². The Morgan fingerprint density at radius 2 is 1.74 bits per heavy atom. The SMILES string of the molecule is CC.Cc1cccc(CN(C(=O)C2CC2c2ccccc2)c2ccc3c(c2)C(NS(=O)(=O)c2cccc(F)c2)CCC3)n1. The van der Waals surface area contributed by atoms with Crippen molar-refractivity contribution in [3.8, 4) is 0 Å². The molecule has 1 fully saturated rings. The quantitative estimate of drug-likeness (QED) is 0.231. The minimum absolute atomic E-state index is 0.0369. The van der Waals surface area contributed by atoms with Crippen molar-refractivity contribution in [2.75, 3.05) is 4.90 Å². The van der Waals surface area contributed by atoms with E-state index >= 15 is 0 Å². The molecule has 224 valence electrons. The zero-order valence-corrected chi connectivity index (χ0v) is 25.6. The molecule has 2 aliphatic carbocycles. The van der Waals surface area contributed by atoms with E-state index in [1.54, 1.807) is 4.90 Å². The van der Waals surface area contributed by atoms with Crippen LogP contribution in [0.15, 0.2) is 95.9 Å². The maximum Gasteiger partial charge on any atom is 0.241 e. The van der Waals surface area contributed by atoms with Gasteiger partial charge in [0.2, 0.25) is 15.9 Å². The Balaban J connectivity index is 0.00000180. The van der Waals surface area contributed by atoms with E-state index in [0.29, 0.717) is 18.7 Å². The summed E-state index contributed by atoms with van der Waals surface area (Å²) < 4.78 is 43.0. The molecule has 6 rings (SSSR count). The standard InChI is InChI=1S/C33H32FN3O3S.C2H6/c1-22-8-5-13-26(35-22)21-37(33(38)31-20-29(31)23-9-3-2-4-10-23)27-17-16-24-11-6-15-32(30(24)19-27)36-41(39,40)28-14-7-12-25(34)18-28;1-2/h2-5,7-10,12-14,16-19,29,31-32,36H,6,11,15,20-21H2,1H3;1-2H3. The Morgan fingerprint density at radius 1 is 0.977 bits per heavy atom. The maximum absolute atomic E-state index is 14.0. The van der Waals surface area contributed by atoms with Crippen molar-refractivity contribution in [3.05, 3.63) is 125 Å². The van der Waals surface area contributed by atoms with Gasteiger partial charge in [-0.3, -0.25) is 9.78 Å². The summed E-state index contributed by atoms with van der Waals surface area (Å²) in [6.45, 7) is 6.24. The van der Waals surface area contributed by atoms with Gasteiger partial charge in [0.15, 0.2) is 0 Å². The lowest BCUT2D eigenvalue weighted by molar-refractivity contribution is -0.120. The van der Waals surface area contributed by atoms with Gasteiger partial charge in [0.25, 0.3) is 0 Å². The highest BCUT2D eigenvalue weighted by Crippen LogP contribution is 2.49. The number of fused-ring (bicyclic) bond motifs is 1.